The molecule has 148 valence electrons. The molecule has 1 aromatic heterocycles. The second kappa shape index (κ2) is 9.25. The fourth-order valence-electron chi connectivity index (χ4n) is 3.40. The molecule has 0 bridgehead atoms. The highest BCUT2D eigenvalue weighted by Crippen LogP contribution is 2.32. The van der Waals surface area contributed by atoms with Crippen molar-refractivity contribution in [1.29, 1.82) is 0 Å². The van der Waals surface area contributed by atoms with Gasteiger partial charge in [0.1, 0.15) is 11.9 Å². The molecule has 1 aliphatic rings. The van der Waals surface area contributed by atoms with E-state index in [-0.39, 0.29) is 28.9 Å². The molecule has 9 heteroatoms. The number of aromatic nitrogens is 2. The van der Waals surface area contributed by atoms with Gasteiger partial charge < -0.3 is 10.2 Å². The molecule has 0 aliphatic heterocycles. The zero-order chi connectivity index (χ0) is 20.1. The number of amides is 2. The van der Waals surface area contributed by atoms with Crippen LogP contribution in [0.5, 0.6) is 0 Å². The first-order valence-electron chi connectivity index (χ1n) is 8.96. The van der Waals surface area contributed by atoms with Crippen molar-refractivity contribution < 1.29 is 14.0 Å². The summed E-state index contributed by atoms with van der Waals surface area (Å²) in [6, 6.07) is 2.93. The summed E-state index contributed by atoms with van der Waals surface area (Å²) in [5, 5.41) is 8.29. The lowest BCUT2D eigenvalue weighted by molar-refractivity contribution is -0.126. The average molecular weight is 423 g/mol. The highest BCUT2D eigenvalue weighted by atomic mass is 35.5. The van der Waals surface area contributed by atoms with Crippen LogP contribution < -0.4 is 5.32 Å². The zero-order valence-electron chi connectivity index (χ0n) is 15.1. The lowest BCUT2D eigenvalue weighted by Gasteiger charge is -2.31. The molecule has 0 radical (unpaired) electrons. The Bertz CT molecular complexity index is 835. The first kappa shape index (κ1) is 20.4. The van der Waals surface area contributed by atoms with Gasteiger partial charge >= 0.3 is 0 Å². The average Bonchev–Trinajstić information content (AvgIpc) is 3.36. The van der Waals surface area contributed by atoms with Gasteiger partial charge in [-0.2, -0.15) is 0 Å². The number of nitrogens with zero attached hydrogens (tertiary/aromatic N) is 3. The Kier molecular flexibility index (Phi) is 6.74. The van der Waals surface area contributed by atoms with E-state index >= 15 is 0 Å². The molecule has 1 atom stereocenters. The van der Waals surface area contributed by atoms with E-state index in [1.807, 2.05) is 0 Å². The Morgan fingerprint density at radius 3 is 2.79 bits per heavy atom. The fourth-order valence-corrected chi connectivity index (χ4v) is 4.10. The monoisotopic (exact) mass is 422 g/mol. The third kappa shape index (κ3) is 4.39. The SMILES string of the molecule is C=CCN(C(=O)c1csnn1)[C@H](C(=O)NC1CCCC1)c1c(F)cccc1Cl. The molecule has 1 heterocycles. The Labute approximate surface area is 171 Å². The van der Waals surface area contributed by atoms with Crippen molar-refractivity contribution in [3.05, 3.63) is 58.3 Å². The zero-order valence-corrected chi connectivity index (χ0v) is 16.7. The van der Waals surface area contributed by atoms with Gasteiger partial charge in [0.15, 0.2) is 5.69 Å². The van der Waals surface area contributed by atoms with E-state index < -0.39 is 23.7 Å². The number of hydrogen-bond acceptors (Lipinski definition) is 5. The van der Waals surface area contributed by atoms with Crippen LogP contribution in [0.15, 0.2) is 36.2 Å². The summed E-state index contributed by atoms with van der Waals surface area (Å²) in [4.78, 5) is 27.4. The van der Waals surface area contributed by atoms with E-state index in [9.17, 15) is 14.0 Å². The van der Waals surface area contributed by atoms with Crippen molar-refractivity contribution in [3.8, 4) is 0 Å². The largest absolute Gasteiger partial charge is 0.351 e. The molecule has 3 rings (SSSR count). The molecule has 28 heavy (non-hydrogen) atoms. The summed E-state index contributed by atoms with van der Waals surface area (Å²) < 4.78 is 18.4. The summed E-state index contributed by atoms with van der Waals surface area (Å²) in [6.07, 6.45) is 5.23. The molecule has 6 nitrogen and oxygen atoms in total. The van der Waals surface area contributed by atoms with Crippen LogP contribution in [0.25, 0.3) is 0 Å². The minimum Gasteiger partial charge on any atom is -0.351 e. The molecule has 0 spiro atoms. The maximum atomic E-state index is 14.7. The number of carbonyl (C=O) groups is 2. The van der Waals surface area contributed by atoms with E-state index in [4.69, 9.17) is 11.6 Å². The first-order chi connectivity index (χ1) is 13.5. The second-order valence-corrected chi connectivity index (χ2v) is 7.58. The highest BCUT2D eigenvalue weighted by molar-refractivity contribution is 7.03. The quantitative estimate of drug-likeness (QED) is 0.689. The molecule has 0 saturated heterocycles. The maximum absolute atomic E-state index is 14.7. The Balaban J connectivity index is 2.03. The number of rotatable bonds is 7. The van der Waals surface area contributed by atoms with Crippen molar-refractivity contribution in [1.82, 2.24) is 19.8 Å². The number of carbonyl (C=O) groups excluding carboxylic acids is 2. The summed E-state index contributed by atoms with van der Waals surface area (Å²) >= 11 is 7.27. The van der Waals surface area contributed by atoms with Gasteiger partial charge in [-0.25, -0.2) is 4.39 Å². The number of hydrogen-bond donors (Lipinski definition) is 1. The van der Waals surface area contributed by atoms with E-state index in [2.05, 4.69) is 21.5 Å². The number of halogens is 2. The normalized spacial score (nSPS) is 15.2. The predicted octanol–water partition coefficient (Wildman–Crippen LogP) is 3.76. The molecule has 1 fully saturated rings. The van der Waals surface area contributed by atoms with Gasteiger partial charge in [-0.15, -0.1) is 11.7 Å². The minimum absolute atomic E-state index is 0.00201. The maximum Gasteiger partial charge on any atom is 0.276 e. The van der Waals surface area contributed by atoms with Crippen molar-refractivity contribution in [2.24, 2.45) is 0 Å². The molecule has 2 aromatic rings. The van der Waals surface area contributed by atoms with E-state index in [1.165, 1.54) is 34.6 Å². The lowest BCUT2D eigenvalue weighted by atomic mass is 10.0. The molecule has 1 aliphatic carbocycles. The Hall–Kier alpha value is -2.32. The van der Waals surface area contributed by atoms with Crippen LogP contribution in [0.3, 0.4) is 0 Å². The fraction of sp³-hybridized carbons (Fsp3) is 0.368. The van der Waals surface area contributed by atoms with Crippen LogP contribution in [0.2, 0.25) is 5.02 Å². The highest BCUT2D eigenvalue weighted by Gasteiger charge is 2.36. The lowest BCUT2D eigenvalue weighted by Crippen LogP contribution is -2.46. The van der Waals surface area contributed by atoms with Gasteiger partial charge in [-0.05, 0) is 36.5 Å². The Morgan fingerprint density at radius 1 is 1.43 bits per heavy atom. The molecule has 0 unspecified atom stereocenters. The summed E-state index contributed by atoms with van der Waals surface area (Å²) in [5.41, 5.74) is 0.0380. The van der Waals surface area contributed by atoms with E-state index in [0.29, 0.717) is 0 Å². The van der Waals surface area contributed by atoms with Gasteiger partial charge in [0, 0.05) is 28.6 Å². The van der Waals surface area contributed by atoms with Gasteiger partial charge in [0.05, 0.1) is 0 Å². The van der Waals surface area contributed by atoms with Crippen LogP contribution in [0.4, 0.5) is 4.39 Å². The first-order valence-corrected chi connectivity index (χ1v) is 10.2. The minimum atomic E-state index is -1.25. The molecular formula is C19H20ClFN4O2S. The standard InChI is InChI=1S/C19H20ClFN4O2S/c1-2-10-25(19(27)15-11-28-24-23-15)17(16-13(20)8-5-9-14(16)21)18(26)22-12-6-3-4-7-12/h2,5,8-9,11-12,17H,1,3-4,6-7,10H2,(H,22,26)/t17-/m0/s1. The Morgan fingerprint density at radius 2 is 2.18 bits per heavy atom. The predicted molar refractivity (Wildman–Crippen MR) is 106 cm³/mol. The van der Waals surface area contributed by atoms with Crippen LogP contribution in [-0.4, -0.2) is 38.9 Å². The van der Waals surface area contributed by atoms with Crippen molar-refractivity contribution in [2.45, 2.75) is 37.8 Å². The van der Waals surface area contributed by atoms with Crippen molar-refractivity contribution >= 4 is 34.9 Å². The van der Waals surface area contributed by atoms with Crippen LogP contribution in [0, 0.1) is 5.82 Å². The van der Waals surface area contributed by atoms with Gasteiger partial charge in [-0.3, -0.25) is 9.59 Å². The van der Waals surface area contributed by atoms with Crippen molar-refractivity contribution in [3.63, 3.8) is 0 Å². The van der Waals surface area contributed by atoms with E-state index in [1.54, 1.807) is 0 Å². The van der Waals surface area contributed by atoms with Crippen LogP contribution >= 0.6 is 23.1 Å². The van der Waals surface area contributed by atoms with Crippen LogP contribution in [0.1, 0.15) is 47.8 Å². The molecule has 2 amide bonds. The van der Waals surface area contributed by atoms with Gasteiger partial charge in [0.25, 0.3) is 5.91 Å². The third-order valence-corrected chi connectivity index (χ3v) is 5.53. The van der Waals surface area contributed by atoms with Crippen molar-refractivity contribution in [2.75, 3.05) is 6.54 Å². The summed E-state index contributed by atoms with van der Waals surface area (Å²) in [5.74, 6) is -1.67. The molecule has 1 N–H and O–H groups in total. The van der Waals surface area contributed by atoms with Crippen LogP contribution in [-0.2, 0) is 4.79 Å². The van der Waals surface area contributed by atoms with E-state index in [0.717, 1.165) is 37.2 Å². The smallest absolute Gasteiger partial charge is 0.276 e. The summed E-state index contributed by atoms with van der Waals surface area (Å²) in [7, 11) is 0. The molecule has 1 saturated carbocycles. The molecule has 1 aromatic carbocycles. The number of benzene rings is 1. The van der Waals surface area contributed by atoms with Gasteiger partial charge in [-0.1, -0.05) is 41.1 Å². The summed E-state index contributed by atoms with van der Waals surface area (Å²) in [6.45, 7) is 3.68. The third-order valence-electron chi connectivity index (χ3n) is 4.70. The van der Waals surface area contributed by atoms with Gasteiger partial charge in [0.2, 0.25) is 5.91 Å². The topological polar surface area (TPSA) is 75.2 Å². The second-order valence-electron chi connectivity index (χ2n) is 6.56. The number of nitrogens with one attached hydrogen (secondary N) is 1. The molecular weight excluding hydrogens is 403 g/mol.